The predicted octanol–water partition coefficient (Wildman–Crippen LogP) is 9.14. The summed E-state index contributed by atoms with van der Waals surface area (Å²) in [5.74, 6) is -1.28. The van der Waals surface area contributed by atoms with Gasteiger partial charge in [0.05, 0.1) is 32.6 Å². The number of nitrogens with zero attached hydrogens (tertiary/aromatic N) is 2. The molecule has 4 amide bonds. The Morgan fingerprint density at radius 3 is 1.35 bits per heavy atom. The standard InChI is InChI=1S/C37H34Cl4N6O4/c1-22(24-8-6-10-28(18-24)42-36(50)30-16-14-26(38)20-32(30)40)44-46-34(48)12-4-3-5-13-35(49)47-45-23(2)25-9-7-11-29(19-25)43-37(51)31-17-15-27(39)21-33(31)41/h6-11,14-21H,3-5,12-13H2,1-2H3,(H,42,50)(H,43,51)(H,46,48)(H,47,49). The number of amides is 4. The minimum atomic E-state index is -0.385. The lowest BCUT2D eigenvalue weighted by molar-refractivity contribution is -0.121. The van der Waals surface area contributed by atoms with E-state index in [1.54, 1.807) is 74.5 Å². The molecule has 0 saturated carbocycles. The fourth-order valence-electron chi connectivity index (χ4n) is 4.67. The number of hydrazone groups is 2. The van der Waals surface area contributed by atoms with Gasteiger partial charge in [-0.2, -0.15) is 10.2 Å². The van der Waals surface area contributed by atoms with Crippen molar-refractivity contribution in [3.8, 4) is 0 Å². The fourth-order valence-corrected chi connectivity index (χ4v) is 5.66. The minimum Gasteiger partial charge on any atom is -0.322 e. The Balaban J connectivity index is 1.16. The molecule has 4 rings (SSSR count). The second-order valence-corrected chi connectivity index (χ2v) is 13.0. The molecule has 0 unspecified atom stereocenters. The topological polar surface area (TPSA) is 141 Å². The van der Waals surface area contributed by atoms with Crippen LogP contribution in [0.4, 0.5) is 11.4 Å². The van der Waals surface area contributed by atoms with E-state index in [1.807, 2.05) is 12.1 Å². The molecule has 51 heavy (non-hydrogen) atoms. The van der Waals surface area contributed by atoms with Gasteiger partial charge in [0.25, 0.3) is 11.8 Å². The van der Waals surface area contributed by atoms with Crippen LogP contribution in [-0.4, -0.2) is 35.1 Å². The molecule has 10 nitrogen and oxygen atoms in total. The highest BCUT2D eigenvalue weighted by atomic mass is 35.5. The van der Waals surface area contributed by atoms with Crippen molar-refractivity contribution in [1.29, 1.82) is 0 Å². The van der Waals surface area contributed by atoms with E-state index in [0.717, 1.165) is 0 Å². The monoisotopic (exact) mass is 766 g/mol. The number of unbranched alkanes of at least 4 members (excludes halogenated alkanes) is 2. The smallest absolute Gasteiger partial charge is 0.257 e. The first-order valence-electron chi connectivity index (χ1n) is 15.8. The molecule has 0 spiro atoms. The second-order valence-electron chi connectivity index (χ2n) is 11.3. The maximum atomic E-state index is 12.7. The number of hydrogen-bond acceptors (Lipinski definition) is 6. The van der Waals surface area contributed by atoms with Gasteiger partial charge in [0.1, 0.15) is 0 Å². The largest absolute Gasteiger partial charge is 0.322 e. The molecular weight excluding hydrogens is 734 g/mol. The van der Waals surface area contributed by atoms with E-state index in [9.17, 15) is 19.2 Å². The van der Waals surface area contributed by atoms with Gasteiger partial charge in [-0.3, -0.25) is 19.2 Å². The predicted molar refractivity (Wildman–Crippen MR) is 206 cm³/mol. The highest BCUT2D eigenvalue weighted by Crippen LogP contribution is 2.24. The highest BCUT2D eigenvalue weighted by molar-refractivity contribution is 6.38. The third kappa shape index (κ3) is 12.2. The van der Waals surface area contributed by atoms with Gasteiger partial charge in [-0.15, -0.1) is 0 Å². The van der Waals surface area contributed by atoms with E-state index in [1.165, 1.54) is 12.1 Å². The Hall–Kier alpha value is -4.74. The highest BCUT2D eigenvalue weighted by Gasteiger charge is 2.13. The van der Waals surface area contributed by atoms with Crippen LogP contribution in [0.3, 0.4) is 0 Å². The Labute approximate surface area is 315 Å². The van der Waals surface area contributed by atoms with Crippen molar-refractivity contribution in [1.82, 2.24) is 10.9 Å². The Morgan fingerprint density at radius 2 is 0.961 bits per heavy atom. The van der Waals surface area contributed by atoms with Crippen LogP contribution in [0, 0.1) is 0 Å². The molecule has 14 heteroatoms. The summed E-state index contributed by atoms with van der Waals surface area (Å²) in [7, 11) is 0. The van der Waals surface area contributed by atoms with Gasteiger partial charge in [0, 0.05) is 34.3 Å². The summed E-state index contributed by atoms with van der Waals surface area (Å²) in [6.45, 7) is 3.49. The lowest BCUT2D eigenvalue weighted by Crippen LogP contribution is -2.20. The van der Waals surface area contributed by atoms with Crippen molar-refractivity contribution >= 4 is 92.8 Å². The fraction of sp³-hybridized carbons (Fsp3) is 0.189. The SMILES string of the molecule is CC(=NNC(=O)CCCCCC(=O)NN=C(C)c1cccc(NC(=O)c2ccc(Cl)cc2Cl)c1)c1cccc(NC(=O)c2ccc(Cl)cc2Cl)c1. The number of halogens is 4. The Bertz CT molecular complexity index is 1860. The van der Waals surface area contributed by atoms with E-state index >= 15 is 0 Å². The number of carbonyl (C=O) groups is 4. The molecule has 0 radical (unpaired) electrons. The van der Waals surface area contributed by atoms with Crippen molar-refractivity contribution in [2.24, 2.45) is 10.2 Å². The lowest BCUT2D eigenvalue weighted by atomic mass is 10.1. The molecule has 4 N–H and O–H groups in total. The molecule has 0 heterocycles. The van der Waals surface area contributed by atoms with E-state index < -0.39 is 0 Å². The molecule has 0 aliphatic carbocycles. The molecule has 4 aromatic carbocycles. The van der Waals surface area contributed by atoms with Gasteiger partial charge in [-0.1, -0.05) is 77.1 Å². The average molecular weight is 769 g/mol. The quantitative estimate of drug-likeness (QED) is 0.0577. The molecule has 264 valence electrons. The summed E-state index contributed by atoms with van der Waals surface area (Å²) in [5.41, 5.74) is 9.27. The minimum absolute atomic E-state index is 0.241. The molecular formula is C37H34Cl4N6O4. The van der Waals surface area contributed by atoms with E-state index in [-0.39, 0.29) is 57.6 Å². The van der Waals surface area contributed by atoms with Crippen molar-refractivity contribution in [3.63, 3.8) is 0 Å². The first kappa shape index (κ1) is 39.1. The van der Waals surface area contributed by atoms with Gasteiger partial charge in [0.15, 0.2) is 0 Å². The third-order valence-electron chi connectivity index (χ3n) is 7.43. The lowest BCUT2D eigenvalue weighted by Gasteiger charge is -2.09. The van der Waals surface area contributed by atoms with Gasteiger partial charge in [0.2, 0.25) is 11.8 Å². The van der Waals surface area contributed by atoms with Crippen LogP contribution in [0.25, 0.3) is 0 Å². The number of carbonyl (C=O) groups excluding carboxylic acids is 4. The first-order valence-corrected chi connectivity index (χ1v) is 17.3. The Morgan fingerprint density at radius 1 is 0.549 bits per heavy atom. The molecule has 0 aromatic heterocycles. The van der Waals surface area contributed by atoms with Gasteiger partial charge in [-0.05, 0) is 98.5 Å². The van der Waals surface area contributed by atoms with Crippen LogP contribution in [0.5, 0.6) is 0 Å². The van der Waals surface area contributed by atoms with Crippen LogP contribution >= 0.6 is 46.4 Å². The maximum absolute atomic E-state index is 12.7. The normalized spacial score (nSPS) is 11.5. The van der Waals surface area contributed by atoms with E-state index in [4.69, 9.17) is 46.4 Å². The summed E-state index contributed by atoms with van der Waals surface area (Å²) < 4.78 is 0. The summed E-state index contributed by atoms with van der Waals surface area (Å²) in [4.78, 5) is 50.0. The van der Waals surface area contributed by atoms with Crippen LogP contribution < -0.4 is 21.5 Å². The summed E-state index contributed by atoms with van der Waals surface area (Å²) in [6.07, 6.45) is 2.29. The van der Waals surface area contributed by atoms with Crippen LogP contribution in [0.1, 0.15) is 77.8 Å². The molecule has 0 fully saturated rings. The van der Waals surface area contributed by atoms with Crippen molar-refractivity contribution < 1.29 is 19.2 Å². The molecule has 0 saturated heterocycles. The number of rotatable bonds is 14. The molecule has 0 aliphatic heterocycles. The van der Waals surface area contributed by atoms with E-state index in [2.05, 4.69) is 31.7 Å². The number of hydrogen-bond donors (Lipinski definition) is 4. The van der Waals surface area contributed by atoms with Gasteiger partial charge >= 0.3 is 0 Å². The maximum Gasteiger partial charge on any atom is 0.257 e. The van der Waals surface area contributed by atoms with Crippen molar-refractivity contribution in [2.45, 2.75) is 46.0 Å². The number of anilines is 2. The van der Waals surface area contributed by atoms with Crippen LogP contribution in [0.2, 0.25) is 20.1 Å². The number of benzene rings is 4. The summed E-state index contributed by atoms with van der Waals surface area (Å²) in [5, 5.41) is 15.3. The molecule has 0 atom stereocenters. The zero-order chi connectivity index (χ0) is 36.9. The van der Waals surface area contributed by atoms with Gasteiger partial charge < -0.3 is 10.6 Å². The molecule has 0 aliphatic rings. The summed E-state index contributed by atoms with van der Waals surface area (Å²) in [6, 6.07) is 23.3. The summed E-state index contributed by atoms with van der Waals surface area (Å²) >= 11 is 24.1. The third-order valence-corrected chi connectivity index (χ3v) is 8.53. The van der Waals surface area contributed by atoms with E-state index in [0.29, 0.717) is 63.2 Å². The van der Waals surface area contributed by atoms with Crippen molar-refractivity contribution in [2.75, 3.05) is 10.6 Å². The zero-order valence-corrected chi connectivity index (χ0v) is 30.7. The second kappa shape index (κ2) is 19.0. The first-order chi connectivity index (χ1) is 24.4. The Kier molecular flexibility index (Phi) is 14.6. The van der Waals surface area contributed by atoms with Crippen molar-refractivity contribution in [3.05, 3.63) is 127 Å². The average Bonchev–Trinajstić information content (AvgIpc) is 3.09. The van der Waals surface area contributed by atoms with Crippen LogP contribution in [-0.2, 0) is 9.59 Å². The zero-order valence-electron chi connectivity index (χ0n) is 27.7. The molecule has 4 aromatic rings. The number of nitrogens with one attached hydrogen (secondary N) is 4. The van der Waals surface area contributed by atoms with Gasteiger partial charge in [-0.25, -0.2) is 10.9 Å². The van der Waals surface area contributed by atoms with Crippen LogP contribution in [0.15, 0.2) is 95.1 Å². The molecule has 0 bridgehead atoms.